The van der Waals surface area contributed by atoms with E-state index in [1.54, 1.807) is 31.0 Å². The Balaban J connectivity index is 1.93. The van der Waals surface area contributed by atoms with Crippen LogP contribution in [0.4, 0.5) is 0 Å². The van der Waals surface area contributed by atoms with Crippen LogP contribution in [-0.2, 0) is 6.42 Å². The Morgan fingerprint density at radius 1 is 1.24 bits per heavy atom. The van der Waals surface area contributed by atoms with Crippen molar-refractivity contribution in [2.24, 2.45) is 0 Å². The lowest BCUT2D eigenvalue weighted by Crippen LogP contribution is -1.98. The maximum absolute atomic E-state index is 11.1. The molecule has 0 saturated carbocycles. The molecule has 0 aromatic heterocycles. The smallest absolute Gasteiger partial charge is 0.336 e. The van der Waals surface area contributed by atoms with Crippen LogP contribution in [0.15, 0.2) is 51.8 Å². The molecule has 2 aromatic carbocycles. The average molecular weight is 367 g/mol. The van der Waals surface area contributed by atoms with Crippen LogP contribution in [0.2, 0.25) is 0 Å². The first-order valence-electron chi connectivity index (χ1n) is 6.38. The topological polar surface area (TPSA) is 46.5 Å². The van der Waals surface area contributed by atoms with Gasteiger partial charge in [-0.15, -0.1) is 11.8 Å². The molecule has 0 radical (unpaired) electrons. The molecule has 110 valence electrons. The molecule has 0 bridgehead atoms. The van der Waals surface area contributed by atoms with Crippen molar-refractivity contribution in [3.63, 3.8) is 0 Å². The predicted octanol–water partition coefficient (Wildman–Crippen LogP) is 4.49. The summed E-state index contributed by atoms with van der Waals surface area (Å²) in [4.78, 5) is 12.0. The highest BCUT2D eigenvalue weighted by Crippen LogP contribution is 2.25. The van der Waals surface area contributed by atoms with Gasteiger partial charge in [0.1, 0.15) is 5.75 Å². The normalized spacial score (nSPS) is 10.4. The van der Waals surface area contributed by atoms with Crippen molar-refractivity contribution in [2.75, 3.05) is 12.9 Å². The molecule has 0 aliphatic rings. The van der Waals surface area contributed by atoms with Crippen LogP contribution in [0.1, 0.15) is 15.9 Å². The van der Waals surface area contributed by atoms with Gasteiger partial charge in [0.05, 0.1) is 12.7 Å². The number of hydrogen-bond acceptors (Lipinski definition) is 3. The van der Waals surface area contributed by atoms with Crippen molar-refractivity contribution in [1.82, 2.24) is 0 Å². The van der Waals surface area contributed by atoms with Gasteiger partial charge in [-0.3, -0.25) is 0 Å². The molecule has 0 amide bonds. The van der Waals surface area contributed by atoms with Crippen LogP contribution in [0.5, 0.6) is 5.75 Å². The van der Waals surface area contributed by atoms with Crippen LogP contribution < -0.4 is 4.74 Å². The summed E-state index contributed by atoms with van der Waals surface area (Å²) in [7, 11) is 1.65. The summed E-state index contributed by atoms with van der Waals surface area (Å²) in [6.07, 6.45) is 0.924. The second kappa shape index (κ2) is 7.52. The first kappa shape index (κ1) is 15.9. The van der Waals surface area contributed by atoms with Crippen LogP contribution in [0.3, 0.4) is 0 Å². The lowest BCUT2D eigenvalue weighted by Gasteiger charge is -2.06. The van der Waals surface area contributed by atoms with E-state index in [9.17, 15) is 4.79 Å². The molecule has 2 aromatic rings. The van der Waals surface area contributed by atoms with Gasteiger partial charge < -0.3 is 9.84 Å². The maximum atomic E-state index is 11.1. The Kier molecular flexibility index (Phi) is 5.70. The molecular weight excluding hydrogens is 352 g/mol. The minimum Gasteiger partial charge on any atom is -0.497 e. The van der Waals surface area contributed by atoms with Gasteiger partial charge in [-0.2, -0.15) is 0 Å². The molecule has 5 heteroatoms. The van der Waals surface area contributed by atoms with Gasteiger partial charge >= 0.3 is 5.97 Å². The molecule has 1 N–H and O–H groups in total. The summed E-state index contributed by atoms with van der Waals surface area (Å²) in [5, 5.41) is 9.09. The summed E-state index contributed by atoms with van der Waals surface area (Å²) in [6.45, 7) is 0. The lowest BCUT2D eigenvalue weighted by molar-refractivity contribution is 0.0695. The van der Waals surface area contributed by atoms with Gasteiger partial charge in [-0.05, 0) is 58.2 Å². The number of halogens is 1. The molecule has 0 spiro atoms. The third-order valence-electron chi connectivity index (χ3n) is 2.99. The summed E-state index contributed by atoms with van der Waals surface area (Å²) in [5.74, 6) is 0.831. The minimum atomic E-state index is -0.917. The highest BCUT2D eigenvalue weighted by atomic mass is 79.9. The second-order valence-corrected chi connectivity index (χ2v) is 6.42. The average Bonchev–Trinajstić information content (AvgIpc) is 2.49. The molecule has 0 unspecified atom stereocenters. The van der Waals surface area contributed by atoms with Gasteiger partial charge in [-0.25, -0.2) is 4.79 Å². The second-order valence-electron chi connectivity index (χ2n) is 4.39. The summed E-state index contributed by atoms with van der Waals surface area (Å²) >= 11 is 4.90. The zero-order valence-electron chi connectivity index (χ0n) is 11.5. The minimum absolute atomic E-state index is 0.296. The quantitative estimate of drug-likeness (QED) is 0.765. The summed E-state index contributed by atoms with van der Waals surface area (Å²) < 4.78 is 5.73. The number of carboxylic acids is 1. The molecule has 0 aliphatic carbocycles. The Morgan fingerprint density at radius 3 is 2.57 bits per heavy atom. The molecule has 2 rings (SSSR count). The fourth-order valence-corrected chi connectivity index (χ4v) is 3.19. The third kappa shape index (κ3) is 4.51. The van der Waals surface area contributed by atoms with Crippen LogP contribution in [-0.4, -0.2) is 23.9 Å². The van der Waals surface area contributed by atoms with E-state index in [0.29, 0.717) is 10.0 Å². The summed E-state index contributed by atoms with van der Waals surface area (Å²) in [5.41, 5.74) is 1.53. The van der Waals surface area contributed by atoms with E-state index >= 15 is 0 Å². The standard InChI is InChI=1S/C16H15BrO3S/c1-20-12-4-2-11(3-5-12)8-9-21-13-6-7-15(17)14(10-13)16(18)19/h2-7,10H,8-9H2,1H3,(H,18,19). The fourth-order valence-electron chi connectivity index (χ4n) is 1.84. The SMILES string of the molecule is COc1ccc(CCSc2ccc(Br)c(C(=O)O)c2)cc1. The summed E-state index contributed by atoms with van der Waals surface area (Å²) in [6, 6.07) is 13.4. The van der Waals surface area contributed by atoms with E-state index < -0.39 is 5.97 Å². The first-order valence-corrected chi connectivity index (χ1v) is 8.16. The van der Waals surface area contributed by atoms with Crippen molar-refractivity contribution in [3.05, 3.63) is 58.1 Å². The van der Waals surface area contributed by atoms with E-state index in [4.69, 9.17) is 9.84 Å². The number of thioether (sulfide) groups is 1. The fraction of sp³-hybridized carbons (Fsp3) is 0.188. The molecule has 0 atom stereocenters. The molecule has 0 heterocycles. The van der Waals surface area contributed by atoms with Gasteiger partial charge in [0.25, 0.3) is 0 Å². The zero-order chi connectivity index (χ0) is 15.2. The monoisotopic (exact) mass is 366 g/mol. The van der Waals surface area contributed by atoms with Crippen molar-refractivity contribution < 1.29 is 14.6 Å². The van der Waals surface area contributed by atoms with Crippen LogP contribution >= 0.6 is 27.7 Å². The van der Waals surface area contributed by atoms with Crippen molar-refractivity contribution in [3.8, 4) is 5.75 Å². The van der Waals surface area contributed by atoms with Crippen LogP contribution in [0, 0.1) is 0 Å². The first-order chi connectivity index (χ1) is 10.1. The number of aryl methyl sites for hydroxylation is 1. The number of ether oxygens (including phenoxy) is 1. The number of carbonyl (C=O) groups is 1. The third-order valence-corrected chi connectivity index (χ3v) is 4.67. The number of carboxylic acid groups (broad SMARTS) is 1. The van der Waals surface area contributed by atoms with E-state index in [0.717, 1.165) is 22.8 Å². The molecule has 0 aliphatic heterocycles. The van der Waals surface area contributed by atoms with E-state index in [1.807, 2.05) is 30.3 Å². The molecular formula is C16H15BrO3S. The van der Waals surface area contributed by atoms with Gasteiger partial charge in [0.2, 0.25) is 0 Å². The van der Waals surface area contributed by atoms with Gasteiger partial charge in [0.15, 0.2) is 0 Å². The zero-order valence-corrected chi connectivity index (χ0v) is 13.9. The number of benzene rings is 2. The Bertz CT molecular complexity index is 626. The Labute approximate surface area is 136 Å². The van der Waals surface area contributed by atoms with Crippen molar-refractivity contribution >= 4 is 33.7 Å². The van der Waals surface area contributed by atoms with E-state index in [2.05, 4.69) is 15.9 Å². The van der Waals surface area contributed by atoms with Crippen molar-refractivity contribution in [2.45, 2.75) is 11.3 Å². The number of rotatable bonds is 6. The van der Waals surface area contributed by atoms with Gasteiger partial charge in [-0.1, -0.05) is 12.1 Å². The maximum Gasteiger partial charge on any atom is 0.336 e. The van der Waals surface area contributed by atoms with Crippen LogP contribution in [0.25, 0.3) is 0 Å². The number of methoxy groups -OCH3 is 1. The molecule has 0 fully saturated rings. The van der Waals surface area contributed by atoms with E-state index in [1.165, 1.54) is 5.56 Å². The highest BCUT2D eigenvalue weighted by Gasteiger charge is 2.09. The lowest BCUT2D eigenvalue weighted by atomic mass is 10.2. The number of hydrogen-bond donors (Lipinski definition) is 1. The van der Waals surface area contributed by atoms with E-state index in [-0.39, 0.29) is 0 Å². The largest absolute Gasteiger partial charge is 0.497 e. The molecule has 21 heavy (non-hydrogen) atoms. The molecule has 3 nitrogen and oxygen atoms in total. The molecule has 0 saturated heterocycles. The van der Waals surface area contributed by atoms with Crippen molar-refractivity contribution in [1.29, 1.82) is 0 Å². The Hall–Kier alpha value is -1.46. The number of aromatic carboxylic acids is 1. The Morgan fingerprint density at radius 2 is 1.95 bits per heavy atom. The van der Waals surface area contributed by atoms with Gasteiger partial charge in [0, 0.05) is 15.1 Å². The predicted molar refractivity (Wildman–Crippen MR) is 88.5 cm³/mol. The highest BCUT2D eigenvalue weighted by molar-refractivity contribution is 9.10.